The summed E-state index contributed by atoms with van der Waals surface area (Å²) in [7, 11) is -0.662. The van der Waals surface area contributed by atoms with Crippen LogP contribution in [0.4, 0.5) is 13.2 Å². The van der Waals surface area contributed by atoms with Crippen molar-refractivity contribution in [2.75, 3.05) is 18.8 Å². The SMILES string of the molecule is CS(C)(C)C1CCC(C(F)(F)F)CC1. The van der Waals surface area contributed by atoms with Crippen LogP contribution in [0.5, 0.6) is 0 Å². The van der Waals surface area contributed by atoms with Crippen LogP contribution in [-0.4, -0.2) is 30.2 Å². The molecule has 0 heterocycles. The highest BCUT2D eigenvalue weighted by Crippen LogP contribution is 2.50. The van der Waals surface area contributed by atoms with Gasteiger partial charge in [-0.2, -0.15) is 13.2 Å². The predicted molar refractivity (Wildman–Crippen MR) is 57.2 cm³/mol. The smallest absolute Gasteiger partial charge is 0.247 e. The van der Waals surface area contributed by atoms with Crippen molar-refractivity contribution in [3.05, 3.63) is 0 Å². The van der Waals surface area contributed by atoms with Crippen LogP contribution in [0.15, 0.2) is 0 Å². The van der Waals surface area contributed by atoms with Gasteiger partial charge < -0.3 is 0 Å². The van der Waals surface area contributed by atoms with Crippen molar-refractivity contribution in [2.24, 2.45) is 5.92 Å². The van der Waals surface area contributed by atoms with Gasteiger partial charge in [-0.15, -0.1) is 0 Å². The zero-order valence-electron chi connectivity index (χ0n) is 9.03. The lowest BCUT2D eigenvalue weighted by Crippen LogP contribution is -2.31. The number of alkyl halides is 3. The maximum absolute atomic E-state index is 12.4. The van der Waals surface area contributed by atoms with Crippen LogP contribution in [0.1, 0.15) is 25.7 Å². The van der Waals surface area contributed by atoms with Crippen LogP contribution >= 0.6 is 10.0 Å². The molecule has 0 nitrogen and oxygen atoms in total. The molecule has 0 atom stereocenters. The number of rotatable bonds is 1. The highest BCUT2D eigenvalue weighted by molar-refractivity contribution is 8.32. The molecule has 0 aromatic rings. The maximum atomic E-state index is 12.4. The minimum absolute atomic E-state index is 0.346. The van der Waals surface area contributed by atoms with Crippen molar-refractivity contribution in [2.45, 2.75) is 37.1 Å². The lowest BCUT2D eigenvalue weighted by molar-refractivity contribution is -0.181. The van der Waals surface area contributed by atoms with E-state index in [0.717, 1.165) is 12.8 Å². The van der Waals surface area contributed by atoms with E-state index in [9.17, 15) is 13.2 Å². The van der Waals surface area contributed by atoms with Gasteiger partial charge in [-0.25, -0.2) is 10.0 Å². The largest absolute Gasteiger partial charge is 0.391 e. The van der Waals surface area contributed by atoms with Crippen molar-refractivity contribution in [3.8, 4) is 0 Å². The summed E-state index contributed by atoms with van der Waals surface area (Å²) in [5.74, 6) is -1.03. The molecule has 0 aromatic heterocycles. The highest BCUT2D eigenvalue weighted by Gasteiger charge is 2.42. The molecule has 14 heavy (non-hydrogen) atoms. The minimum Gasteiger partial charge on any atom is -0.247 e. The topological polar surface area (TPSA) is 0 Å². The highest BCUT2D eigenvalue weighted by atomic mass is 32.3. The summed E-state index contributed by atoms with van der Waals surface area (Å²) in [4.78, 5) is 0. The molecule has 0 amide bonds. The minimum atomic E-state index is -3.96. The van der Waals surface area contributed by atoms with Crippen LogP contribution in [0.2, 0.25) is 0 Å². The third kappa shape index (κ3) is 3.07. The third-order valence-corrected chi connectivity index (χ3v) is 5.61. The van der Waals surface area contributed by atoms with Gasteiger partial charge >= 0.3 is 6.18 Å². The van der Waals surface area contributed by atoms with Gasteiger partial charge in [0.1, 0.15) is 0 Å². The zero-order valence-corrected chi connectivity index (χ0v) is 9.84. The van der Waals surface area contributed by atoms with Crippen molar-refractivity contribution < 1.29 is 13.2 Å². The Morgan fingerprint density at radius 1 is 0.929 bits per heavy atom. The van der Waals surface area contributed by atoms with Crippen LogP contribution in [0, 0.1) is 5.92 Å². The molecule has 1 fully saturated rings. The summed E-state index contributed by atoms with van der Waals surface area (Å²) < 4.78 is 37.1. The molecule has 0 unspecified atom stereocenters. The summed E-state index contributed by atoms with van der Waals surface area (Å²) >= 11 is 0. The van der Waals surface area contributed by atoms with Crippen LogP contribution in [0.3, 0.4) is 0 Å². The molecule has 0 saturated heterocycles. The van der Waals surface area contributed by atoms with E-state index in [2.05, 4.69) is 18.8 Å². The Morgan fingerprint density at radius 2 is 1.36 bits per heavy atom. The molecule has 1 saturated carbocycles. The molecule has 1 aliphatic rings. The summed E-state index contributed by atoms with van der Waals surface area (Å²) in [6, 6.07) is 0. The van der Waals surface area contributed by atoms with E-state index < -0.39 is 22.1 Å². The Labute approximate surface area is 85.6 Å². The van der Waals surface area contributed by atoms with E-state index >= 15 is 0 Å². The van der Waals surface area contributed by atoms with Crippen LogP contribution in [-0.2, 0) is 0 Å². The molecule has 1 aliphatic carbocycles. The van der Waals surface area contributed by atoms with E-state index in [4.69, 9.17) is 0 Å². The Morgan fingerprint density at radius 3 is 1.64 bits per heavy atom. The van der Waals surface area contributed by atoms with Gasteiger partial charge in [0, 0.05) is 0 Å². The Bertz CT molecular complexity index is 163. The zero-order chi connectivity index (χ0) is 11.0. The van der Waals surface area contributed by atoms with Crippen LogP contribution in [0.25, 0.3) is 0 Å². The Hall–Kier alpha value is 0.140. The monoisotopic (exact) mass is 228 g/mol. The first-order valence-electron chi connectivity index (χ1n) is 4.95. The first-order valence-corrected chi connectivity index (χ1v) is 7.87. The Balaban J connectivity index is 2.47. The predicted octanol–water partition coefficient (Wildman–Crippen LogP) is 3.80. The van der Waals surface area contributed by atoms with E-state index in [1.54, 1.807) is 0 Å². The average Bonchev–Trinajstić information content (AvgIpc) is 2.01. The summed E-state index contributed by atoms with van der Waals surface area (Å²) in [6.07, 6.45) is 4.86. The quantitative estimate of drug-likeness (QED) is 0.640. The van der Waals surface area contributed by atoms with Crippen molar-refractivity contribution in [1.29, 1.82) is 0 Å². The summed E-state index contributed by atoms with van der Waals surface area (Å²) in [5, 5.41) is 0.543. The molecule has 0 bridgehead atoms. The second kappa shape index (κ2) is 3.95. The van der Waals surface area contributed by atoms with Gasteiger partial charge in [-0.1, -0.05) is 0 Å². The van der Waals surface area contributed by atoms with Gasteiger partial charge in [0.05, 0.1) is 5.92 Å². The Kier molecular flexibility index (Phi) is 3.45. The first-order chi connectivity index (χ1) is 6.21. The fourth-order valence-electron chi connectivity index (χ4n) is 2.10. The van der Waals surface area contributed by atoms with Gasteiger partial charge in [-0.05, 0) is 49.7 Å². The average molecular weight is 228 g/mol. The number of hydrogen-bond donors (Lipinski definition) is 0. The second-order valence-electron chi connectivity index (χ2n) is 4.95. The molecule has 4 heteroatoms. The van der Waals surface area contributed by atoms with E-state index in [0.29, 0.717) is 18.1 Å². The van der Waals surface area contributed by atoms with Gasteiger partial charge in [0.15, 0.2) is 0 Å². The summed E-state index contributed by atoms with van der Waals surface area (Å²) in [6.45, 7) is 0. The molecular formula is C10H19F3S. The van der Waals surface area contributed by atoms with E-state index in [-0.39, 0.29) is 0 Å². The van der Waals surface area contributed by atoms with Crippen molar-refractivity contribution in [1.82, 2.24) is 0 Å². The molecule has 0 aliphatic heterocycles. The van der Waals surface area contributed by atoms with E-state index in [1.807, 2.05) is 0 Å². The standard InChI is InChI=1S/C10H19F3S/c1-14(2,3)9-6-4-8(5-7-9)10(11,12)13/h8-9H,4-7H2,1-3H3. The van der Waals surface area contributed by atoms with E-state index in [1.165, 1.54) is 0 Å². The first kappa shape index (κ1) is 12.2. The van der Waals surface area contributed by atoms with Crippen molar-refractivity contribution in [3.63, 3.8) is 0 Å². The number of hydrogen-bond acceptors (Lipinski definition) is 0. The van der Waals surface area contributed by atoms with Gasteiger partial charge in [0.2, 0.25) is 0 Å². The maximum Gasteiger partial charge on any atom is 0.391 e. The molecule has 86 valence electrons. The normalized spacial score (nSPS) is 31.6. The van der Waals surface area contributed by atoms with Crippen LogP contribution < -0.4 is 0 Å². The van der Waals surface area contributed by atoms with Crippen molar-refractivity contribution >= 4 is 10.0 Å². The number of halogens is 3. The fourth-order valence-corrected chi connectivity index (χ4v) is 3.78. The fraction of sp³-hybridized carbons (Fsp3) is 1.00. The lowest BCUT2D eigenvalue weighted by Gasteiger charge is -2.41. The third-order valence-electron chi connectivity index (χ3n) is 3.14. The molecular weight excluding hydrogens is 209 g/mol. The molecule has 0 N–H and O–H groups in total. The molecule has 0 aromatic carbocycles. The lowest BCUT2D eigenvalue weighted by atomic mass is 9.88. The molecule has 1 rings (SSSR count). The van der Waals surface area contributed by atoms with Gasteiger partial charge in [-0.3, -0.25) is 0 Å². The molecule has 0 spiro atoms. The summed E-state index contributed by atoms with van der Waals surface area (Å²) in [5.41, 5.74) is 0. The second-order valence-corrected chi connectivity index (χ2v) is 9.48. The molecule has 0 radical (unpaired) electrons. The van der Waals surface area contributed by atoms with Gasteiger partial charge in [0.25, 0.3) is 0 Å².